The van der Waals surface area contributed by atoms with Crippen molar-refractivity contribution in [3.8, 4) is 0 Å². The highest BCUT2D eigenvalue weighted by molar-refractivity contribution is 6.05. The highest BCUT2D eigenvalue weighted by Gasteiger charge is 2.46. The van der Waals surface area contributed by atoms with Crippen LogP contribution in [-0.4, -0.2) is 40.8 Å². The van der Waals surface area contributed by atoms with Crippen LogP contribution in [-0.2, 0) is 6.54 Å². The van der Waals surface area contributed by atoms with Gasteiger partial charge < -0.3 is 10.2 Å². The monoisotopic (exact) mass is 394 g/mol. The van der Waals surface area contributed by atoms with E-state index >= 15 is 0 Å². The third-order valence-corrected chi connectivity index (χ3v) is 5.42. The molecule has 1 saturated heterocycles. The van der Waals surface area contributed by atoms with Crippen molar-refractivity contribution >= 4 is 17.4 Å². The summed E-state index contributed by atoms with van der Waals surface area (Å²) in [7, 11) is 0. The molecule has 0 aliphatic carbocycles. The number of nitrogens with zero attached hydrogens (tertiary/aromatic N) is 2. The Labute approximate surface area is 171 Å². The maximum Gasteiger partial charge on any atom is 0.254 e. The molecule has 2 aliphatic heterocycles. The topological polar surface area (TPSA) is 56.7 Å². The van der Waals surface area contributed by atoms with Crippen molar-refractivity contribution in [2.75, 3.05) is 18.4 Å². The lowest BCUT2D eigenvalue weighted by atomic mass is 9.95. The van der Waals surface area contributed by atoms with E-state index in [0.717, 1.165) is 17.9 Å². The minimum absolute atomic E-state index is 0.153. The molecule has 1 amide bonds. The fraction of sp³-hybridized carbons (Fsp3) is 0.391. The molecule has 0 saturated carbocycles. The first kappa shape index (κ1) is 19.6. The van der Waals surface area contributed by atoms with E-state index < -0.39 is 11.4 Å². The number of aliphatic imine (C=N–C) groups is 1. The van der Waals surface area contributed by atoms with Crippen LogP contribution in [0.15, 0.2) is 53.5 Å². The van der Waals surface area contributed by atoms with Gasteiger partial charge >= 0.3 is 0 Å². The lowest BCUT2D eigenvalue weighted by molar-refractivity contribution is 0.0785. The summed E-state index contributed by atoms with van der Waals surface area (Å²) in [6, 6.07) is 14.1. The normalized spacial score (nSPS) is 23.0. The van der Waals surface area contributed by atoms with Gasteiger partial charge in [-0.25, -0.2) is 4.39 Å². The highest BCUT2D eigenvalue weighted by atomic mass is 19.1. The Morgan fingerprint density at radius 3 is 2.72 bits per heavy atom. The number of para-hydroxylation sites is 1. The second-order valence-electron chi connectivity index (χ2n) is 8.84. The number of carbonyl (C=O) groups excluding carboxylic acids is 1. The molecule has 0 radical (unpaired) electrons. The molecule has 1 atom stereocenters. The van der Waals surface area contributed by atoms with Crippen LogP contribution in [0.1, 0.15) is 43.1 Å². The molecular weight excluding hydrogens is 367 g/mol. The van der Waals surface area contributed by atoms with Crippen LogP contribution in [0.4, 0.5) is 10.1 Å². The number of carbonyl (C=O) groups is 1. The average Bonchev–Trinajstić information content (AvgIpc) is 3.04. The van der Waals surface area contributed by atoms with E-state index in [1.165, 1.54) is 17.7 Å². The number of amides is 1. The number of nitrogens with one attached hydrogen (secondary N) is 2. The molecule has 1 unspecified atom stereocenters. The molecule has 2 aliphatic rings. The highest BCUT2D eigenvalue weighted by Crippen LogP contribution is 2.31. The third-order valence-electron chi connectivity index (χ3n) is 5.42. The first-order chi connectivity index (χ1) is 13.8. The molecule has 152 valence electrons. The Balaban J connectivity index is 1.66. The zero-order chi connectivity index (χ0) is 20.6. The van der Waals surface area contributed by atoms with Gasteiger partial charge in [0.2, 0.25) is 0 Å². The van der Waals surface area contributed by atoms with Crippen LogP contribution >= 0.6 is 0 Å². The Bertz CT molecular complexity index is 965. The molecule has 1 spiro atoms. The van der Waals surface area contributed by atoms with Crippen LogP contribution in [0.5, 0.6) is 0 Å². The molecule has 29 heavy (non-hydrogen) atoms. The average molecular weight is 394 g/mol. The summed E-state index contributed by atoms with van der Waals surface area (Å²) >= 11 is 0. The van der Waals surface area contributed by atoms with Crippen LogP contribution in [0.2, 0.25) is 0 Å². The van der Waals surface area contributed by atoms with Crippen molar-refractivity contribution < 1.29 is 9.18 Å². The predicted octanol–water partition coefficient (Wildman–Crippen LogP) is 3.82. The van der Waals surface area contributed by atoms with Gasteiger partial charge in [0.05, 0.1) is 11.1 Å². The number of anilines is 1. The Kier molecular flexibility index (Phi) is 4.90. The third kappa shape index (κ3) is 4.03. The van der Waals surface area contributed by atoms with E-state index in [9.17, 15) is 9.18 Å². The molecule has 0 bridgehead atoms. The molecule has 6 heteroatoms. The fourth-order valence-electron chi connectivity index (χ4n) is 3.99. The minimum atomic E-state index is -0.463. The van der Waals surface area contributed by atoms with Gasteiger partial charge in [0.15, 0.2) is 0 Å². The summed E-state index contributed by atoms with van der Waals surface area (Å²) in [6.07, 6.45) is 0.740. The molecule has 1 fully saturated rings. The standard InChI is InChI=1S/C23H27FN4O/c1-22(2,3)27-21-23(25-14-17-7-4-5-10-19(17)26-21)11-12-28(15-23)20(29)16-8-6-9-18(24)13-16/h4-10,13,25H,11-12,14-15H2,1-3H3,(H,26,27). The molecule has 4 rings (SSSR count). The first-order valence-electron chi connectivity index (χ1n) is 10.0. The number of hydrogen-bond acceptors (Lipinski definition) is 3. The van der Waals surface area contributed by atoms with Gasteiger partial charge in [-0.2, -0.15) is 0 Å². The molecule has 5 nitrogen and oxygen atoms in total. The molecule has 2 aromatic carbocycles. The summed E-state index contributed by atoms with van der Waals surface area (Å²) in [4.78, 5) is 19.8. The van der Waals surface area contributed by atoms with Gasteiger partial charge in [-0.1, -0.05) is 24.3 Å². The predicted molar refractivity (Wildman–Crippen MR) is 114 cm³/mol. The summed E-state index contributed by atoms with van der Waals surface area (Å²) in [5.41, 5.74) is 1.85. The maximum atomic E-state index is 13.6. The number of fused-ring (bicyclic) bond motifs is 1. The van der Waals surface area contributed by atoms with Crippen molar-refractivity contribution in [2.24, 2.45) is 4.99 Å². The lowest BCUT2D eigenvalue weighted by Gasteiger charge is -2.32. The van der Waals surface area contributed by atoms with E-state index in [2.05, 4.69) is 43.5 Å². The van der Waals surface area contributed by atoms with Crippen LogP contribution in [0, 0.1) is 5.82 Å². The van der Waals surface area contributed by atoms with Gasteiger partial charge in [-0.3, -0.25) is 15.1 Å². The van der Waals surface area contributed by atoms with E-state index in [1.807, 2.05) is 12.1 Å². The molecule has 2 heterocycles. The number of rotatable bonds is 1. The van der Waals surface area contributed by atoms with Gasteiger partial charge in [0, 0.05) is 30.9 Å². The number of likely N-dealkylation sites (tertiary alicyclic amines) is 1. The maximum absolute atomic E-state index is 13.6. The van der Waals surface area contributed by atoms with Gasteiger partial charge in [-0.05, 0) is 57.0 Å². The smallest absolute Gasteiger partial charge is 0.254 e. The molecule has 2 N–H and O–H groups in total. The van der Waals surface area contributed by atoms with Crippen molar-refractivity contribution in [1.82, 2.24) is 10.2 Å². The second-order valence-corrected chi connectivity index (χ2v) is 8.84. The van der Waals surface area contributed by atoms with Crippen LogP contribution in [0.3, 0.4) is 0 Å². The molecule has 2 aromatic rings. The van der Waals surface area contributed by atoms with E-state index in [-0.39, 0.29) is 11.4 Å². The van der Waals surface area contributed by atoms with Gasteiger partial charge in [0.1, 0.15) is 11.7 Å². The zero-order valence-electron chi connectivity index (χ0n) is 17.1. The van der Waals surface area contributed by atoms with Crippen LogP contribution in [0.25, 0.3) is 0 Å². The van der Waals surface area contributed by atoms with Crippen molar-refractivity contribution in [3.05, 3.63) is 65.5 Å². The van der Waals surface area contributed by atoms with Crippen molar-refractivity contribution in [1.29, 1.82) is 0 Å². The fourth-order valence-corrected chi connectivity index (χ4v) is 3.99. The first-order valence-corrected chi connectivity index (χ1v) is 10.0. The van der Waals surface area contributed by atoms with Gasteiger partial charge in [0.25, 0.3) is 5.91 Å². The van der Waals surface area contributed by atoms with Gasteiger partial charge in [-0.15, -0.1) is 0 Å². The number of benzene rings is 2. The number of hydrogen-bond donors (Lipinski definition) is 2. The molecule has 0 aromatic heterocycles. The minimum Gasteiger partial charge on any atom is -0.342 e. The summed E-state index contributed by atoms with van der Waals surface area (Å²) in [5, 5.41) is 7.22. The van der Waals surface area contributed by atoms with E-state index in [1.54, 1.807) is 17.0 Å². The summed E-state index contributed by atoms with van der Waals surface area (Å²) in [5.74, 6) is 0.300. The van der Waals surface area contributed by atoms with Crippen molar-refractivity contribution in [2.45, 2.75) is 44.8 Å². The van der Waals surface area contributed by atoms with E-state index in [4.69, 9.17) is 4.99 Å². The number of amidine groups is 1. The van der Waals surface area contributed by atoms with E-state index in [0.29, 0.717) is 25.2 Å². The van der Waals surface area contributed by atoms with Crippen molar-refractivity contribution in [3.63, 3.8) is 0 Å². The quantitative estimate of drug-likeness (QED) is 0.773. The Morgan fingerprint density at radius 1 is 1.17 bits per heavy atom. The number of halogens is 1. The Hall–Kier alpha value is -2.73. The van der Waals surface area contributed by atoms with Crippen LogP contribution < -0.4 is 10.6 Å². The SMILES string of the molecule is CC(C)(C)N=C1Nc2ccccc2CNC12CCN(C(=O)c1cccc(F)c1)C2. The summed E-state index contributed by atoms with van der Waals surface area (Å²) in [6.45, 7) is 7.96. The lowest BCUT2D eigenvalue weighted by Crippen LogP contribution is -2.56. The second kappa shape index (κ2) is 7.26. The molecular formula is C23H27FN4O. The largest absolute Gasteiger partial charge is 0.342 e. The summed E-state index contributed by atoms with van der Waals surface area (Å²) < 4.78 is 13.6. The zero-order valence-corrected chi connectivity index (χ0v) is 17.1. The Morgan fingerprint density at radius 2 is 1.97 bits per heavy atom.